The standard InChI is InChI=1S/C13H15NO3/c15-12(9-4-2-1-3-5-9)8-10-6-7-11(14-10)13(16)17/h1-5,10-11,14H,6-8H2,(H,16,17). The number of carboxylic acid groups (broad SMARTS) is 1. The van der Waals surface area contributed by atoms with Gasteiger partial charge in [0.2, 0.25) is 0 Å². The van der Waals surface area contributed by atoms with Gasteiger partial charge in [0.25, 0.3) is 0 Å². The van der Waals surface area contributed by atoms with Crippen molar-refractivity contribution in [1.29, 1.82) is 0 Å². The highest BCUT2D eigenvalue weighted by Gasteiger charge is 2.29. The van der Waals surface area contributed by atoms with E-state index in [1.165, 1.54) is 0 Å². The fourth-order valence-corrected chi connectivity index (χ4v) is 2.14. The van der Waals surface area contributed by atoms with Crippen molar-refractivity contribution in [3.63, 3.8) is 0 Å². The summed E-state index contributed by atoms with van der Waals surface area (Å²) >= 11 is 0. The van der Waals surface area contributed by atoms with Crippen molar-refractivity contribution in [2.75, 3.05) is 0 Å². The lowest BCUT2D eigenvalue weighted by Gasteiger charge is -2.10. The monoisotopic (exact) mass is 233 g/mol. The normalized spacial score (nSPS) is 23.5. The predicted molar refractivity (Wildman–Crippen MR) is 63.0 cm³/mol. The van der Waals surface area contributed by atoms with E-state index in [9.17, 15) is 9.59 Å². The lowest BCUT2D eigenvalue weighted by Crippen LogP contribution is -2.36. The number of nitrogens with one attached hydrogen (secondary N) is 1. The fourth-order valence-electron chi connectivity index (χ4n) is 2.14. The molecule has 2 rings (SSSR count). The lowest BCUT2D eigenvalue weighted by molar-refractivity contribution is -0.139. The van der Waals surface area contributed by atoms with E-state index in [1.807, 2.05) is 18.2 Å². The Kier molecular flexibility index (Phi) is 3.54. The number of ketones is 1. The van der Waals surface area contributed by atoms with Crippen molar-refractivity contribution in [2.24, 2.45) is 0 Å². The van der Waals surface area contributed by atoms with Crippen molar-refractivity contribution in [3.8, 4) is 0 Å². The Labute approximate surface area is 99.6 Å². The summed E-state index contributed by atoms with van der Waals surface area (Å²) in [6, 6.07) is 8.58. The molecule has 2 unspecified atom stereocenters. The van der Waals surface area contributed by atoms with Crippen molar-refractivity contribution >= 4 is 11.8 Å². The first-order valence-corrected chi connectivity index (χ1v) is 5.74. The number of carbonyl (C=O) groups excluding carboxylic acids is 1. The first-order valence-electron chi connectivity index (χ1n) is 5.74. The number of hydrogen-bond donors (Lipinski definition) is 2. The van der Waals surface area contributed by atoms with Crippen LogP contribution in [-0.2, 0) is 4.79 Å². The highest BCUT2D eigenvalue weighted by molar-refractivity contribution is 5.96. The van der Waals surface area contributed by atoms with Crippen molar-refractivity contribution in [2.45, 2.75) is 31.3 Å². The Morgan fingerprint density at radius 2 is 1.94 bits per heavy atom. The topological polar surface area (TPSA) is 66.4 Å². The van der Waals surface area contributed by atoms with Crippen LogP contribution >= 0.6 is 0 Å². The smallest absolute Gasteiger partial charge is 0.320 e. The summed E-state index contributed by atoms with van der Waals surface area (Å²) in [4.78, 5) is 22.6. The van der Waals surface area contributed by atoms with Crippen molar-refractivity contribution in [3.05, 3.63) is 35.9 Å². The van der Waals surface area contributed by atoms with E-state index in [0.29, 0.717) is 18.4 Å². The summed E-state index contributed by atoms with van der Waals surface area (Å²) in [6.07, 6.45) is 1.71. The van der Waals surface area contributed by atoms with E-state index >= 15 is 0 Å². The molecule has 1 aliphatic heterocycles. The predicted octanol–water partition coefficient (Wildman–Crippen LogP) is 1.46. The Bertz CT molecular complexity index is 416. The van der Waals surface area contributed by atoms with Gasteiger partial charge in [-0.15, -0.1) is 0 Å². The first kappa shape index (κ1) is 11.8. The van der Waals surface area contributed by atoms with Gasteiger partial charge in [-0.05, 0) is 12.8 Å². The minimum Gasteiger partial charge on any atom is -0.480 e. The zero-order valence-corrected chi connectivity index (χ0v) is 9.43. The molecule has 0 radical (unpaired) electrons. The Morgan fingerprint density at radius 1 is 1.24 bits per heavy atom. The molecule has 2 N–H and O–H groups in total. The van der Waals surface area contributed by atoms with Crippen LogP contribution in [0.2, 0.25) is 0 Å². The summed E-state index contributed by atoms with van der Waals surface area (Å²) in [5.41, 5.74) is 0.688. The van der Waals surface area contributed by atoms with E-state index in [-0.39, 0.29) is 11.8 Å². The summed E-state index contributed by atoms with van der Waals surface area (Å²) in [5, 5.41) is 11.8. The number of hydrogen-bond acceptors (Lipinski definition) is 3. The van der Waals surface area contributed by atoms with Gasteiger partial charge in [0.05, 0.1) is 0 Å². The SMILES string of the molecule is O=C(CC1CCC(C(=O)O)N1)c1ccccc1. The van der Waals surface area contributed by atoms with Gasteiger partial charge < -0.3 is 10.4 Å². The van der Waals surface area contributed by atoms with Crippen LogP contribution < -0.4 is 5.32 Å². The van der Waals surface area contributed by atoms with Gasteiger partial charge in [-0.25, -0.2) is 0 Å². The zero-order valence-electron chi connectivity index (χ0n) is 9.43. The van der Waals surface area contributed by atoms with Crippen molar-refractivity contribution in [1.82, 2.24) is 5.32 Å². The van der Waals surface area contributed by atoms with Gasteiger partial charge in [0.15, 0.2) is 5.78 Å². The van der Waals surface area contributed by atoms with E-state index in [1.54, 1.807) is 12.1 Å². The molecule has 1 aromatic rings. The number of benzene rings is 1. The quantitative estimate of drug-likeness (QED) is 0.773. The van der Waals surface area contributed by atoms with Gasteiger partial charge in [0.1, 0.15) is 6.04 Å². The number of carbonyl (C=O) groups is 2. The summed E-state index contributed by atoms with van der Waals surface area (Å²) in [7, 11) is 0. The maximum Gasteiger partial charge on any atom is 0.320 e. The van der Waals surface area contributed by atoms with Crippen LogP contribution in [0, 0.1) is 0 Å². The van der Waals surface area contributed by atoms with Crippen LogP contribution in [0.5, 0.6) is 0 Å². The molecule has 1 aromatic carbocycles. The van der Waals surface area contributed by atoms with Crippen LogP contribution in [0.1, 0.15) is 29.6 Å². The summed E-state index contributed by atoms with van der Waals surface area (Å²) < 4.78 is 0. The van der Waals surface area contributed by atoms with E-state index in [4.69, 9.17) is 5.11 Å². The molecule has 4 nitrogen and oxygen atoms in total. The third kappa shape index (κ3) is 2.91. The molecule has 4 heteroatoms. The lowest BCUT2D eigenvalue weighted by atomic mass is 10.0. The summed E-state index contributed by atoms with van der Waals surface area (Å²) in [5.74, 6) is -0.770. The molecule has 1 saturated heterocycles. The maximum absolute atomic E-state index is 11.9. The summed E-state index contributed by atoms with van der Waals surface area (Å²) in [6.45, 7) is 0. The molecule has 17 heavy (non-hydrogen) atoms. The number of carboxylic acids is 1. The van der Waals surface area contributed by atoms with Gasteiger partial charge in [0, 0.05) is 18.0 Å². The average Bonchev–Trinajstić information content (AvgIpc) is 2.79. The molecule has 0 aromatic heterocycles. The van der Waals surface area contributed by atoms with Crippen LogP contribution in [0.25, 0.3) is 0 Å². The van der Waals surface area contributed by atoms with Crippen LogP contribution in [0.3, 0.4) is 0 Å². The van der Waals surface area contributed by atoms with E-state index in [0.717, 1.165) is 6.42 Å². The first-order chi connectivity index (χ1) is 8.16. The Morgan fingerprint density at radius 3 is 2.53 bits per heavy atom. The largest absolute Gasteiger partial charge is 0.480 e. The molecule has 90 valence electrons. The van der Waals surface area contributed by atoms with Gasteiger partial charge in [-0.2, -0.15) is 0 Å². The Hall–Kier alpha value is -1.68. The molecule has 1 fully saturated rings. The van der Waals surface area contributed by atoms with Crippen molar-refractivity contribution < 1.29 is 14.7 Å². The number of rotatable bonds is 4. The Balaban J connectivity index is 1.91. The van der Waals surface area contributed by atoms with E-state index in [2.05, 4.69) is 5.32 Å². The minimum absolute atomic E-state index is 0.0104. The molecular weight excluding hydrogens is 218 g/mol. The molecule has 0 spiro atoms. The molecule has 1 heterocycles. The molecule has 0 saturated carbocycles. The third-order valence-electron chi connectivity index (χ3n) is 3.07. The molecule has 1 aliphatic rings. The van der Waals surface area contributed by atoms with Crippen LogP contribution in [-0.4, -0.2) is 28.9 Å². The average molecular weight is 233 g/mol. The molecule has 2 atom stereocenters. The van der Waals surface area contributed by atoms with Crippen LogP contribution in [0.4, 0.5) is 0 Å². The van der Waals surface area contributed by atoms with Gasteiger partial charge in [-0.3, -0.25) is 9.59 Å². The highest BCUT2D eigenvalue weighted by Crippen LogP contribution is 2.17. The zero-order chi connectivity index (χ0) is 12.3. The highest BCUT2D eigenvalue weighted by atomic mass is 16.4. The fraction of sp³-hybridized carbons (Fsp3) is 0.385. The molecular formula is C13H15NO3. The van der Waals surface area contributed by atoms with Gasteiger partial charge >= 0.3 is 5.97 Å². The number of aliphatic carboxylic acids is 1. The molecule has 0 bridgehead atoms. The van der Waals surface area contributed by atoms with Gasteiger partial charge in [-0.1, -0.05) is 30.3 Å². The molecule has 0 amide bonds. The minimum atomic E-state index is -0.834. The second-order valence-electron chi connectivity index (χ2n) is 4.33. The second kappa shape index (κ2) is 5.10. The number of Topliss-reactive ketones (excluding diaryl/α,β-unsaturated/α-hetero) is 1. The third-order valence-corrected chi connectivity index (χ3v) is 3.07. The van der Waals surface area contributed by atoms with Crippen LogP contribution in [0.15, 0.2) is 30.3 Å². The van der Waals surface area contributed by atoms with E-state index < -0.39 is 12.0 Å². The molecule has 0 aliphatic carbocycles. The maximum atomic E-state index is 11.9. The second-order valence-corrected chi connectivity index (χ2v) is 4.33.